The first kappa shape index (κ1) is 17.5. The number of rotatable bonds is 5. The number of benzene rings is 1. The van der Waals surface area contributed by atoms with Crippen molar-refractivity contribution in [3.05, 3.63) is 29.8 Å². The van der Waals surface area contributed by atoms with Gasteiger partial charge in [-0.2, -0.15) is 0 Å². The summed E-state index contributed by atoms with van der Waals surface area (Å²) >= 11 is 0. The zero-order valence-electron chi connectivity index (χ0n) is 14.4. The molecule has 3 N–H and O–H groups in total. The lowest BCUT2D eigenvalue weighted by Crippen LogP contribution is -2.56. The molecule has 1 aromatic rings. The number of hydrogen-bond acceptors (Lipinski definition) is 3. The van der Waals surface area contributed by atoms with E-state index in [0.29, 0.717) is 30.0 Å². The highest BCUT2D eigenvalue weighted by Gasteiger charge is 2.42. The van der Waals surface area contributed by atoms with E-state index in [1.165, 1.54) is 0 Å². The Morgan fingerprint density at radius 1 is 1.04 bits per heavy atom. The van der Waals surface area contributed by atoms with Crippen molar-refractivity contribution in [1.29, 1.82) is 0 Å². The molecule has 2 aliphatic rings. The first-order chi connectivity index (χ1) is 11.9. The normalized spacial score (nSPS) is 25.9. The molecule has 2 aliphatic carbocycles. The number of amides is 2. The van der Waals surface area contributed by atoms with Crippen LogP contribution in [0, 0.1) is 11.8 Å². The predicted molar refractivity (Wildman–Crippen MR) is 93.3 cm³/mol. The van der Waals surface area contributed by atoms with E-state index < -0.39 is 17.4 Å². The predicted octanol–water partition coefficient (Wildman–Crippen LogP) is 2.80. The molecule has 0 heterocycles. The van der Waals surface area contributed by atoms with Crippen LogP contribution in [0.3, 0.4) is 0 Å². The molecule has 0 saturated heterocycles. The molecule has 6 heteroatoms. The van der Waals surface area contributed by atoms with Gasteiger partial charge in [-0.1, -0.05) is 6.92 Å². The molecule has 134 valence electrons. The van der Waals surface area contributed by atoms with Crippen molar-refractivity contribution < 1.29 is 19.5 Å². The molecule has 2 saturated carbocycles. The van der Waals surface area contributed by atoms with Crippen LogP contribution in [0.15, 0.2) is 24.3 Å². The van der Waals surface area contributed by atoms with Crippen molar-refractivity contribution in [3.8, 4) is 0 Å². The summed E-state index contributed by atoms with van der Waals surface area (Å²) in [6, 6.07) is 6.56. The van der Waals surface area contributed by atoms with Gasteiger partial charge in [-0.3, -0.25) is 9.59 Å². The summed E-state index contributed by atoms with van der Waals surface area (Å²) in [4.78, 5) is 36.0. The highest BCUT2D eigenvalue weighted by molar-refractivity contribution is 5.99. The fourth-order valence-corrected chi connectivity index (χ4v) is 3.23. The molecule has 2 fully saturated rings. The molecule has 0 radical (unpaired) electrons. The second-order valence-corrected chi connectivity index (χ2v) is 7.36. The van der Waals surface area contributed by atoms with Crippen LogP contribution in [0.2, 0.25) is 0 Å². The lowest BCUT2D eigenvalue weighted by molar-refractivity contribution is -0.146. The van der Waals surface area contributed by atoms with Gasteiger partial charge in [-0.05, 0) is 68.7 Å². The quantitative estimate of drug-likeness (QED) is 0.765. The number of nitrogens with one attached hydrogen (secondary N) is 2. The number of carboxylic acids is 1. The van der Waals surface area contributed by atoms with E-state index in [9.17, 15) is 19.5 Å². The molecular formula is C19H24N2O4. The lowest BCUT2D eigenvalue weighted by Gasteiger charge is -2.36. The van der Waals surface area contributed by atoms with Crippen LogP contribution in [0.25, 0.3) is 0 Å². The van der Waals surface area contributed by atoms with Crippen LogP contribution in [0.4, 0.5) is 5.69 Å². The van der Waals surface area contributed by atoms with E-state index in [1.54, 1.807) is 24.3 Å². The van der Waals surface area contributed by atoms with Crippen molar-refractivity contribution in [3.63, 3.8) is 0 Å². The molecule has 0 atom stereocenters. The third kappa shape index (κ3) is 4.00. The zero-order chi connectivity index (χ0) is 18.0. The largest absolute Gasteiger partial charge is 0.480 e. The summed E-state index contributed by atoms with van der Waals surface area (Å²) in [7, 11) is 0. The Morgan fingerprint density at radius 2 is 1.64 bits per heavy atom. The van der Waals surface area contributed by atoms with Gasteiger partial charge in [0.15, 0.2) is 0 Å². The van der Waals surface area contributed by atoms with Crippen LogP contribution in [0.5, 0.6) is 0 Å². The van der Waals surface area contributed by atoms with E-state index in [0.717, 1.165) is 25.7 Å². The van der Waals surface area contributed by atoms with Crippen LogP contribution in [-0.2, 0) is 9.59 Å². The van der Waals surface area contributed by atoms with Gasteiger partial charge in [0.1, 0.15) is 5.54 Å². The average Bonchev–Trinajstić information content (AvgIpc) is 3.42. The minimum Gasteiger partial charge on any atom is -0.480 e. The first-order valence-corrected chi connectivity index (χ1v) is 8.86. The molecular weight excluding hydrogens is 320 g/mol. The summed E-state index contributed by atoms with van der Waals surface area (Å²) in [5.74, 6) is -0.748. The van der Waals surface area contributed by atoms with Gasteiger partial charge >= 0.3 is 5.97 Å². The van der Waals surface area contributed by atoms with Crippen molar-refractivity contribution in [2.24, 2.45) is 11.8 Å². The molecule has 2 amide bonds. The van der Waals surface area contributed by atoms with E-state index in [1.807, 2.05) is 0 Å². The van der Waals surface area contributed by atoms with E-state index >= 15 is 0 Å². The van der Waals surface area contributed by atoms with Crippen molar-refractivity contribution in [1.82, 2.24) is 5.32 Å². The molecule has 0 unspecified atom stereocenters. The number of carbonyl (C=O) groups is 3. The van der Waals surface area contributed by atoms with Crippen LogP contribution >= 0.6 is 0 Å². The number of carboxylic acid groups (broad SMARTS) is 1. The fraction of sp³-hybridized carbons (Fsp3) is 0.526. The van der Waals surface area contributed by atoms with Gasteiger partial charge in [0.25, 0.3) is 5.91 Å². The summed E-state index contributed by atoms with van der Waals surface area (Å²) in [6.45, 7) is 2.10. The minimum absolute atomic E-state index is 0.0124. The first-order valence-electron chi connectivity index (χ1n) is 8.86. The van der Waals surface area contributed by atoms with Crippen LogP contribution in [-0.4, -0.2) is 28.4 Å². The summed E-state index contributed by atoms with van der Waals surface area (Å²) < 4.78 is 0. The second-order valence-electron chi connectivity index (χ2n) is 7.36. The molecule has 25 heavy (non-hydrogen) atoms. The highest BCUT2D eigenvalue weighted by Crippen LogP contribution is 2.33. The second kappa shape index (κ2) is 6.86. The van der Waals surface area contributed by atoms with Crippen LogP contribution in [0.1, 0.15) is 55.8 Å². The van der Waals surface area contributed by atoms with Crippen LogP contribution < -0.4 is 10.6 Å². The Kier molecular flexibility index (Phi) is 4.79. The third-order valence-corrected chi connectivity index (χ3v) is 5.25. The lowest BCUT2D eigenvalue weighted by atomic mass is 9.77. The molecule has 3 rings (SSSR count). The monoisotopic (exact) mass is 344 g/mol. The van der Waals surface area contributed by atoms with Gasteiger partial charge < -0.3 is 15.7 Å². The Morgan fingerprint density at radius 3 is 2.16 bits per heavy atom. The average molecular weight is 344 g/mol. The van der Waals surface area contributed by atoms with Gasteiger partial charge in [-0.25, -0.2) is 4.79 Å². The van der Waals surface area contributed by atoms with Gasteiger partial charge in [0, 0.05) is 17.2 Å². The van der Waals surface area contributed by atoms with Gasteiger partial charge in [-0.15, -0.1) is 0 Å². The smallest absolute Gasteiger partial charge is 0.329 e. The molecule has 1 aromatic carbocycles. The summed E-state index contributed by atoms with van der Waals surface area (Å²) in [5.41, 5.74) is -0.140. The molecule has 0 spiro atoms. The minimum atomic E-state index is -1.18. The molecule has 0 aromatic heterocycles. The molecule has 0 aliphatic heterocycles. The Balaban J connectivity index is 1.65. The third-order valence-electron chi connectivity index (χ3n) is 5.25. The fourth-order valence-electron chi connectivity index (χ4n) is 3.23. The zero-order valence-corrected chi connectivity index (χ0v) is 14.4. The van der Waals surface area contributed by atoms with E-state index in [2.05, 4.69) is 17.6 Å². The van der Waals surface area contributed by atoms with Gasteiger partial charge in [0.2, 0.25) is 5.91 Å². The van der Waals surface area contributed by atoms with E-state index in [4.69, 9.17) is 0 Å². The van der Waals surface area contributed by atoms with Crippen molar-refractivity contribution in [2.45, 2.75) is 51.0 Å². The Labute approximate surface area is 147 Å². The topological polar surface area (TPSA) is 95.5 Å². The Hall–Kier alpha value is -2.37. The molecule has 0 bridgehead atoms. The maximum absolute atomic E-state index is 12.5. The van der Waals surface area contributed by atoms with E-state index in [-0.39, 0.29) is 11.8 Å². The summed E-state index contributed by atoms with van der Waals surface area (Å²) in [5, 5.41) is 15.2. The van der Waals surface area contributed by atoms with Crippen molar-refractivity contribution >= 4 is 23.5 Å². The number of aliphatic carboxylic acids is 1. The maximum atomic E-state index is 12.5. The standard InChI is InChI=1S/C19H24N2O4/c1-12-8-10-19(11-9-12,18(24)25)21-17(23)14-4-6-15(7-5-14)20-16(22)13-2-3-13/h4-7,12-13H,2-3,8-11H2,1H3,(H,20,22)(H,21,23)(H,24,25). The maximum Gasteiger partial charge on any atom is 0.329 e. The highest BCUT2D eigenvalue weighted by atomic mass is 16.4. The van der Waals surface area contributed by atoms with Crippen molar-refractivity contribution in [2.75, 3.05) is 5.32 Å². The summed E-state index contributed by atoms with van der Waals surface area (Å²) in [6.07, 6.45) is 4.34. The number of hydrogen-bond donors (Lipinski definition) is 3. The Bertz CT molecular complexity index is 671. The SMILES string of the molecule is CC1CCC(NC(=O)c2ccc(NC(=O)C3CC3)cc2)(C(=O)O)CC1. The van der Waals surface area contributed by atoms with Gasteiger partial charge in [0.05, 0.1) is 0 Å². The number of carbonyl (C=O) groups excluding carboxylic acids is 2. The molecule has 6 nitrogen and oxygen atoms in total. The number of anilines is 1.